The van der Waals surface area contributed by atoms with Gasteiger partial charge in [0.1, 0.15) is 12.4 Å². The van der Waals surface area contributed by atoms with Gasteiger partial charge in [-0.2, -0.15) is 0 Å². The normalized spacial score (nSPS) is 15.4. The van der Waals surface area contributed by atoms with Gasteiger partial charge in [-0.25, -0.2) is 8.42 Å². The maximum Gasteiger partial charge on any atom is 0.200 e. The number of fused-ring (bicyclic) bond motifs is 1. The first-order valence-corrected chi connectivity index (χ1v) is 8.26. The Morgan fingerprint density at radius 3 is 2.33 bits per heavy atom. The molecule has 0 saturated carbocycles. The highest BCUT2D eigenvalue weighted by atomic mass is 32.2. The van der Waals surface area contributed by atoms with E-state index in [-0.39, 0.29) is 6.61 Å². The molecule has 0 N–H and O–H groups in total. The molecule has 0 atom stereocenters. The smallest absolute Gasteiger partial charge is 0.200 e. The second-order valence-corrected chi connectivity index (χ2v) is 7.05. The van der Waals surface area contributed by atoms with Crippen molar-refractivity contribution in [3.05, 3.63) is 64.6 Å². The monoisotopic (exact) mass is 300 g/mol. The molecule has 0 unspecified atom stereocenters. The highest BCUT2D eigenvalue weighted by Gasteiger charge is 2.27. The number of benzene rings is 2. The molecular formula is C17H16O3S. The first kappa shape index (κ1) is 13.9. The van der Waals surface area contributed by atoms with E-state index in [4.69, 9.17) is 4.74 Å². The van der Waals surface area contributed by atoms with Gasteiger partial charge in [-0.05, 0) is 37.6 Å². The fraction of sp³-hybridized carbons (Fsp3) is 0.176. The minimum Gasteiger partial charge on any atom is -0.489 e. The van der Waals surface area contributed by atoms with Gasteiger partial charge >= 0.3 is 0 Å². The van der Waals surface area contributed by atoms with Crippen LogP contribution >= 0.6 is 0 Å². The van der Waals surface area contributed by atoms with E-state index < -0.39 is 9.84 Å². The van der Waals surface area contributed by atoms with E-state index in [0.29, 0.717) is 10.5 Å². The number of rotatable bonds is 3. The van der Waals surface area contributed by atoms with Gasteiger partial charge < -0.3 is 4.74 Å². The Morgan fingerprint density at radius 2 is 1.62 bits per heavy atom. The number of hydrogen-bond acceptors (Lipinski definition) is 3. The largest absolute Gasteiger partial charge is 0.489 e. The summed E-state index contributed by atoms with van der Waals surface area (Å²) >= 11 is 0. The third-order valence-corrected chi connectivity index (χ3v) is 5.05. The van der Waals surface area contributed by atoms with Crippen molar-refractivity contribution in [2.45, 2.75) is 18.7 Å². The summed E-state index contributed by atoms with van der Waals surface area (Å²) in [5.74, 6) is 0.736. The molecule has 0 saturated heterocycles. The van der Waals surface area contributed by atoms with Crippen molar-refractivity contribution < 1.29 is 13.2 Å². The fourth-order valence-electron chi connectivity index (χ4n) is 2.35. The molecule has 1 heterocycles. The molecule has 4 heteroatoms. The lowest BCUT2D eigenvalue weighted by Gasteiger charge is -2.08. The van der Waals surface area contributed by atoms with Crippen molar-refractivity contribution in [3.8, 4) is 5.75 Å². The molecule has 3 rings (SSSR count). The molecule has 0 fully saturated rings. The molecule has 0 aromatic heterocycles. The topological polar surface area (TPSA) is 43.4 Å². The minimum absolute atomic E-state index is 0.248. The first-order chi connectivity index (χ1) is 9.95. The van der Waals surface area contributed by atoms with Crippen molar-refractivity contribution in [2.24, 2.45) is 0 Å². The molecular weight excluding hydrogens is 284 g/mol. The van der Waals surface area contributed by atoms with Gasteiger partial charge in [0.15, 0.2) is 0 Å². The van der Waals surface area contributed by atoms with Gasteiger partial charge in [0.2, 0.25) is 9.84 Å². The highest BCUT2D eigenvalue weighted by molar-refractivity contribution is 7.95. The highest BCUT2D eigenvalue weighted by Crippen LogP contribution is 2.34. The van der Waals surface area contributed by atoms with Crippen LogP contribution in [0.3, 0.4) is 0 Å². The minimum atomic E-state index is -3.33. The molecule has 0 spiro atoms. The van der Waals surface area contributed by atoms with E-state index in [1.165, 1.54) is 5.41 Å². The van der Waals surface area contributed by atoms with Crippen LogP contribution in [0, 0.1) is 13.8 Å². The number of ether oxygens (including phenoxy) is 1. The van der Waals surface area contributed by atoms with Gasteiger partial charge in [0, 0.05) is 16.5 Å². The average Bonchev–Trinajstić information content (AvgIpc) is 2.69. The van der Waals surface area contributed by atoms with E-state index in [9.17, 15) is 8.42 Å². The van der Waals surface area contributed by atoms with Crippen LogP contribution in [-0.4, -0.2) is 15.0 Å². The Labute approximate surface area is 124 Å². The van der Waals surface area contributed by atoms with Gasteiger partial charge in [-0.1, -0.05) is 29.8 Å². The maximum absolute atomic E-state index is 12.1. The van der Waals surface area contributed by atoms with Crippen LogP contribution in [0.25, 0.3) is 5.57 Å². The quantitative estimate of drug-likeness (QED) is 0.871. The van der Waals surface area contributed by atoms with Crippen LogP contribution < -0.4 is 4.74 Å². The maximum atomic E-state index is 12.1. The Balaban J connectivity index is 1.86. The third kappa shape index (κ3) is 2.72. The van der Waals surface area contributed by atoms with Crippen molar-refractivity contribution in [1.29, 1.82) is 0 Å². The molecule has 3 nitrogen and oxygen atoms in total. The summed E-state index contributed by atoms with van der Waals surface area (Å²) in [5, 5.41) is 1.31. The van der Waals surface area contributed by atoms with Crippen LogP contribution in [0.2, 0.25) is 0 Å². The van der Waals surface area contributed by atoms with Gasteiger partial charge in [-0.15, -0.1) is 0 Å². The number of sulfone groups is 1. The SMILES string of the molecule is Cc1ccc(OCC2=CS(=O)(=O)c3cc(C)ccc32)cc1. The fourth-order valence-corrected chi connectivity index (χ4v) is 3.90. The van der Waals surface area contributed by atoms with Crippen LogP contribution in [0.4, 0.5) is 0 Å². The summed E-state index contributed by atoms with van der Waals surface area (Å²) in [5.41, 5.74) is 3.54. The van der Waals surface area contributed by atoms with E-state index in [1.807, 2.05) is 50.2 Å². The molecule has 21 heavy (non-hydrogen) atoms. The average molecular weight is 300 g/mol. The predicted molar refractivity (Wildman–Crippen MR) is 83.0 cm³/mol. The molecule has 0 aliphatic carbocycles. The summed E-state index contributed by atoms with van der Waals surface area (Å²) < 4.78 is 30.0. The predicted octanol–water partition coefficient (Wildman–Crippen LogP) is 3.51. The standard InChI is InChI=1S/C17H16O3S/c1-12-3-6-15(7-4-12)20-10-14-11-21(18,19)17-9-13(2)5-8-16(14)17/h3-9,11H,10H2,1-2H3. The lowest BCUT2D eigenvalue weighted by Crippen LogP contribution is -1.99. The molecule has 2 aromatic carbocycles. The van der Waals surface area contributed by atoms with Crippen LogP contribution in [-0.2, 0) is 9.84 Å². The summed E-state index contributed by atoms with van der Waals surface area (Å²) in [4.78, 5) is 0.380. The zero-order chi connectivity index (χ0) is 15.0. The second-order valence-electron chi connectivity index (χ2n) is 5.29. The zero-order valence-electron chi connectivity index (χ0n) is 12.0. The lowest BCUT2D eigenvalue weighted by atomic mass is 10.1. The zero-order valence-corrected chi connectivity index (χ0v) is 12.8. The Bertz CT molecular complexity index is 816. The van der Waals surface area contributed by atoms with Crippen LogP contribution in [0.5, 0.6) is 5.75 Å². The Kier molecular flexibility index (Phi) is 3.33. The summed E-state index contributed by atoms with van der Waals surface area (Å²) in [6.07, 6.45) is 0. The van der Waals surface area contributed by atoms with E-state index in [2.05, 4.69) is 0 Å². The van der Waals surface area contributed by atoms with E-state index >= 15 is 0 Å². The van der Waals surface area contributed by atoms with Crippen LogP contribution in [0.15, 0.2) is 52.8 Å². The number of hydrogen-bond donors (Lipinski definition) is 0. The summed E-state index contributed by atoms with van der Waals surface area (Å²) in [6, 6.07) is 13.2. The molecule has 108 valence electrons. The Morgan fingerprint density at radius 1 is 0.952 bits per heavy atom. The van der Waals surface area contributed by atoms with Crippen molar-refractivity contribution in [2.75, 3.05) is 6.61 Å². The molecule has 0 amide bonds. The van der Waals surface area contributed by atoms with Crippen molar-refractivity contribution in [3.63, 3.8) is 0 Å². The number of aryl methyl sites for hydroxylation is 2. The molecule has 1 aliphatic heterocycles. The van der Waals surface area contributed by atoms with Crippen molar-refractivity contribution >= 4 is 15.4 Å². The van der Waals surface area contributed by atoms with Crippen LogP contribution in [0.1, 0.15) is 16.7 Å². The van der Waals surface area contributed by atoms with E-state index in [1.54, 1.807) is 6.07 Å². The molecule has 2 aromatic rings. The van der Waals surface area contributed by atoms with E-state index in [0.717, 1.165) is 22.4 Å². The summed E-state index contributed by atoms with van der Waals surface area (Å²) in [7, 11) is -3.33. The second kappa shape index (κ2) is 5.04. The van der Waals surface area contributed by atoms with Gasteiger partial charge in [0.05, 0.1) is 4.90 Å². The van der Waals surface area contributed by atoms with Gasteiger partial charge in [-0.3, -0.25) is 0 Å². The van der Waals surface area contributed by atoms with Gasteiger partial charge in [0.25, 0.3) is 0 Å². The molecule has 1 aliphatic rings. The third-order valence-electron chi connectivity index (χ3n) is 3.50. The molecule has 0 bridgehead atoms. The lowest BCUT2D eigenvalue weighted by molar-refractivity contribution is 0.370. The summed E-state index contributed by atoms with van der Waals surface area (Å²) in [6.45, 7) is 4.14. The first-order valence-electron chi connectivity index (χ1n) is 6.72. The molecule has 0 radical (unpaired) electrons. The van der Waals surface area contributed by atoms with Crippen molar-refractivity contribution in [1.82, 2.24) is 0 Å². The Hall–Kier alpha value is -2.07.